The lowest BCUT2D eigenvalue weighted by Gasteiger charge is -2.18. The van der Waals surface area contributed by atoms with E-state index < -0.39 is 0 Å². The van der Waals surface area contributed by atoms with Gasteiger partial charge in [-0.2, -0.15) is 0 Å². The van der Waals surface area contributed by atoms with E-state index in [4.69, 9.17) is 0 Å². The van der Waals surface area contributed by atoms with Crippen LogP contribution in [0.3, 0.4) is 0 Å². The number of hydrogen-bond acceptors (Lipinski definition) is 1. The van der Waals surface area contributed by atoms with Crippen LogP contribution in [0.2, 0.25) is 0 Å². The largest absolute Gasteiger partial charge is 0.393 e. The van der Waals surface area contributed by atoms with Crippen molar-refractivity contribution in [3.8, 4) is 0 Å². The first-order chi connectivity index (χ1) is 6.70. The van der Waals surface area contributed by atoms with Gasteiger partial charge in [0.25, 0.3) is 0 Å². The summed E-state index contributed by atoms with van der Waals surface area (Å²) in [5, 5.41) is 9.60. The molecule has 3 atom stereocenters. The maximum atomic E-state index is 13.5. The van der Waals surface area contributed by atoms with Gasteiger partial charge in [-0.15, -0.1) is 0 Å². The van der Waals surface area contributed by atoms with E-state index in [9.17, 15) is 9.50 Å². The summed E-state index contributed by atoms with van der Waals surface area (Å²) in [4.78, 5) is 0. The van der Waals surface area contributed by atoms with Crippen LogP contribution in [0, 0.1) is 11.7 Å². The van der Waals surface area contributed by atoms with E-state index >= 15 is 0 Å². The van der Waals surface area contributed by atoms with Crippen molar-refractivity contribution in [2.75, 3.05) is 0 Å². The number of benzene rings is 1. The molecule has 14 heavy (non-hydrogen) atoms. The third kappa shape index (κ3) is 1.55. The fourth-order valence-electron chi connectivity index (χ4n) is 2.36. The Kier molecular flexibility index (Phi) is 2.55. The topological polar surface area (TPSA) is 20.2 Å². The summed E-state index contributed by atoms with van der Waals surface area (Å²) in [5.41, 5.74) is 0.761. The van der Waals surface area contributed by atoms with Crippen LogP contribution < -0.4 is 0 Å². The molecule has 3 unspecified atom stereocenters. The number of halogens is 1. The molecule has 76 valence electrons. The summed E-state index contributed by atoms with van der Waals surface area (Å²) in [7, 11) is 0. The Morgan fingerprint density at radius 1 is 1.29 bits per heavy atom. The Balaban J connectivity index is 2.28. The molecule has 1 nitrogen and oxygen atoms in total. The van der Waals surface area contributed by atoms with E-state index in [0.717, 1.165) is 18.4 Å². The molecular weight excluding hydrogens is 179 g/mol. The maximum Gasteiger partial charge on any atom is 0.126 e. The second kappa shape index (κ2) is 3.70. The van der Waals surface area contributed by atoms with Crippen molar-refractivity contribution < 1.29 is 9.50 Å². The van der Waals surface area contributed by atoms with Crippen LogP contribution in [0.4, 0.5) is 4.39 Å². The van der Waals surface area contributed by atoms with Crippen LogP contribution in [-0.4, -0.2) is 11.2 Å². The van der Waals surface area contributed by atoms with Gasteiger partial charge < -0.3 is 5.11 Å². The Bertz CT molecular complexity index is 324. The Hall–Kier alpha value is -0.890. The molecule has 1 aromatic carbocycles. The average Bonchev–Trinajstić information content (AvgIpc) is 2.49. The van der Waals surface area contributed by atoms with Gasteiger partial charge in [-0.25, -0.2) is 4.39 Å². The molecular formula is C12H15FO. The van der Waals surface area contributed by atoms with Gasteiger partial charge >= 0.3 is 0 Å². The zero-order valence-corrected chi connectivity index (χ0v) is 8.28. The number of aliphatic hydroxyl groups excluding tert-OH is 1. The highest BCUT2D eigenvalue weighted by atomic mass is 19.1. The highest BCUT2D eigenvalue weighted by molar-refractivity contribution is 5.23. The normalized spacial score (nSPS) is 32.1. The highest BCUT2D eigenvalue weighted by Crippen LogP contribution is 2.40. The molecule has 1 aliphatic rings. The summed E-state index contributed by atoms with van der Waals surface area (Å²) in [6.45, 7) is 1.99. The molecule has 0 radical (unpaired) electrons. The van der Waals surface area contributed by atoms with E-state index in [1.54, 1.807) is 6.07 Å². The minimum absolute atomic E-state index is 0.140. The molecule has 1 fully saturated rings. The van der Waals surface area contributed by atoms with Crippen LogP contribution in [0.15, 0.2) is 24.3 Å². The molecule has 0 aliphatic heterocycles. The van der Waals surface area contributed by atoms with Crippen LogP contribution in [0.25, 0.3) is 0 Å². The molecule has 0 spiro atoms. The number of hydrogen-bond donors (Lipinski definition) is 1. The van der Waals surface area contributed by atoms with Crippen molar-refractivity contribution in [2.24, 2.45) is 5.92 Å². The van der Waals surface area contributed by atoms with Gasteiger partial charge in [-0.05, 0) is 36.3 Å². The van der Waals surface area contributed by atoms with Gasteiger partial charge in [0.2, 0.25) is 0 Å². The van der Waals surface area contributed by atoms with Crippen molar-refractivity contribution in [1.82, 2.24) is 0 Å². The molecule has 0 saturated heterocycles. The molecule has 0 aromatic heterocycles. The third-order valence-corrected chi connectivity index (χ3v) is 3.32. The zero-order chi connectivity index (χ0) is 10.1. The van der Waals surface area contributed by atoms with Gasteiger partial charge in [-0.3, -0.25) is 0 Å². The van der Waals surface area contributed by atoms with Gasteiger partial charge in [0.15, 0.2) is 0 Å². The Labute approximate surface area is 83.6 Å². The zero-order valence-electron chi connectivity index (χ0n) is 8.28. The summed E-state index contributed by atoms with van der Waals surface area (Å²) in [5.74, 6) is 0.219. The minimum atomic E-state index is -0.264. The van der Waals surface area contributed by atoms with E-state index in [2.05, 4.69) is 0 Å². The van der Waals surface area contributed by atoms with Gasteiger partial charge in [0, 0.05) is 0 Å². The Morgan fingerprint density at radius 3 is 2.57 bits per heavy atom. The first-order valence-corrected chi connectivity index (χ1v) is 5.12. The van der Waals surface area contributed by atoms with Gasteiger partial charge in [0.05, 0.1) is 6.10 Å². The lowest BCUT2D eigenvalue weighted by atomic mass is 9.89. The maximum absolute atomic E-state index is 13.5. The number of rotatable bonds is 1. The lowest BCUT2D eigenvalue weighted by molar-refractivity contribution is 0.136. The standard InChI is InChI=1S/C12H15FO/c1-8-9(6-7-12(8)14)10-4-2-3-5-11(10)13/h2-5,8-9,12,14H,6-7H2,1H3. The fraction of sp³-hybridized carbons (Fsp3) is 0.500. The van der Waals surface area contributed by atoms with Crippen LogP contribution in [0.1, 0.15) is 31.2 Å². The summed E-state index contributed by atoms with van der Waals surface area (Å²) in [6, 6.07) is 6.88. The molecule has 1 saturated carbocycles. The highest BCUT2D eigenvalue weighted by Gasteiger charge is 2.33. The first-order valence-electron chi connectivity index (χ1n) is 5.12. The van der Waals surface area contributed by atoms with Crippen LogP contribution in [0.5, 0.6) is 0 Å². The molecule has 1 N–H and O–H groups in total. The third-order valence-electron chi connectivity index (χ3n) is 3.32. The first kappa shape index (κ1) is 9.66. The van der Waals surface area contributed by atoms with E-state index in [-0.39, 0.29) is 23.8 Å². The fourth-order valence-corrected chi connectivity index (χ4v) is 2.36. The van der Waals surface area contributed by atoms with Crippen LogP contribution >= 0.6 is 0 Å². The molecule has 1 aliphatic carbocycles. The summed E-state index contributed by atoms with van der Waals surface area (Å²) >= 11 is 0. The van der Waals surface area contributed by atoms with Crippen molar-refractivity contribution in [1.29, 1.82) is 0 Å². The van der Waals surface area contributed by atoms with Crippen LogP contribution in [-0.2, 0) is 0 Å². The molecule has 0 bridgehead atoms. The molecule has 2 heteroatoms. The lowest BCUT2D eigenvalue weighted by Crippen LogP contribution is -2.14. The van der Waals surface area contributed by atoms with Crippen molar-refractivity contribution in [3.63, 3.8) is 0 Å². The number of aliphatic hydroxyl groups is 1. The quantitative estimate of drug-likeness (QED) is 0.728. The monoisotopic (exact) mass is 194 g/mol. The smallest absolute Gasteiger partial charge is 0.126 e. The van der Waals surface area contributed by atoms with E-state index in [0.29, 0.717) is 0 Å². The van der Waals surface area contributed by atoms with Gasteiger partial charge in [-0.1, -0.05) is 25.1 Å². The van der Waals surface area contributed by atoms with Gasteiger partial charge in [0.1, 0.15) is 5.82 Å². The minimum Gasteiger partial charge on any atom is -0.393 e. The summed E-state index contributed by atoms with van der Waals surface area (Å²) in [6.07, 6.45) is 1.42. The molecule has 0 amide bonds. The second-order valence-corrected chi connectivity index (χ2v) is 4.13. The predicted molar refractivity (Wildman–Crippen MR) is 53.5 cm³/mol. The second-order valence-electron chi connectivity index (χ2n) is 4.13. The van der Waals surface area contributed by atoms with E-state index in [1.807, 2.05) is 19.1 Å². The van der Waals surface area contributed by atoms with Crippen molar-refractivity contribution >= 4 is 0 Å². The van der Waals surface area contributed by atoms with E-state index in [1.165, 1.54) is 6.07 Å². The predicted octanol–water partition coefficient (Wildman–Crippen LogP) is 2.70. The molecule has 2 rings (SSSR count). The SMILES string of the molecule is CC1C(O)CCC1c1ccccc1F. The van der Waals surface area contributed by atoms with Crippen molar-refractivity contribution in [2.45, 2.75) is 31.8 Å². The molecule has 0 heterocycles. The average molecular weight is 194 g/mol. The summed E-state index contributed by atoms with van der Waals surface area (Å²) < 4.78 is 13.5. The Morgan fingerprint density at radius 2 is 2.00 bits per heavy atom. The molecule has 1 aromatic rings. The van der Waals surface area contributed by atoms with Crippen molar-refractivity contribution in [3.05, 3.63) is 35.6 Å².